The molecule has 0 bridgehead atoms. The minimum Gasteiger partial charge on any atom is -0.365 e. The maximum Gasteiger partial charge on any atom is 0.274 e. The summed E-state index contributed by atoms with van der Waals surface area (Å²) in [5, 5.41) is 14.0. The second-order valence-corrected chi connectivity index (χ2v) is 6.88. The number of carbonyl (C=O) groups is 1. The van der Waals surface area contributed by atoms with E-state index in [-0.39, 0.29) is 5.91 Å². The van der Waals surface area contributed by atoms with Gasteiger partial charge in [0, 0.05) is 30.2 Å². The lowest BCUT2D eigenvalue weighted by atomic mass is 10.1. The van der Waals surface area contributed by atoms with E-state index < -0.39 is 0 Å². The molecule has 0 saturated heterocycles. The van der Waals surface area contributed by atoms with Crippen LogP contribution in [-0.4, -0.2) is 29.5 Å². The third-order valence-electron chi connectivity index (χ3n) is 4.45. The Morgan fingerprint density at radius 1 is 1.20 bits per heavy atom. The number of rotatable bonds is 8. The zero-order chi connectivity index (χ0) is 21.3. The summed E-state index contributed by atoms with van der Waals surface area (Å²) in [6.45, 7) is 9.43. The van der Waals surface area contributed by atoms with Gasteiger partial charge in [0.2, 0.25) is 0 Å². The highest BCUT2D eigenvalue weighted by Crippen LogP contribution is 2.21. The zero-order valence-corrected chi connectivity index (χ0v) is 17.0. The second-order valence-electron chi connectivity index (χ2n) is 6.88. The Balaban J connectivity index is 1.74. The highest BCUT2D eigenvalue weighted by atomic mass is 16.1. The van der Waals surface area contributed by atoms with E-state index in [1.165, 1.54) is 0 Å². The summed E-state index contributed by atoms with van der Waals surface area (Å²) in [5.74, 6) is 0.350. The number of pyridine rings is 1. The van der Waals surface area contributed by atoms with Crippen LogP contribution in [0.2, 0.25) is 0 Å². The van der Waals surface area contributed by atoms with Gasteiger partial charge in [-0.2, -0.15) is 5.10 Å². The normalized spacial score (nSPS) is 14.1. The number of aromatic nitrogens is 1. The molecule has 6 nitrogen and oxygen atoms in total. The van der Waals surface area contributed by atoms with Crippen molar-refractivity contribution in [3.05, 3.63) is 90.3 Å². The quantitative estimate of drug-likeness (QED) is 0.295. The van der Waals surface area contributed by atoms with E-state index in [1.54, 1.807) is 12.3 Å². The van der Waals surface area contributed by atoms with Crippen LogP contribution < -0.4 is 10.6 Å². The van der Waals surface area contributed by atoms with Crippen molar-refractivity contribution >= 4 is 29.7 Å². The van der Waals surface area contributed by atoms with E-state index in [2.05, 4.69) is 39.1 Å². The molecule has 1 saturated carbocycles. The topological polar surface area (TPSA) is 78.7 Å². The van der Waals surface area contributed by atoms with Gasteiger partial charge in [0.1, 0.15) is 5.69 Å². The first-order valence-corrected chi connectivity index (χ1v) is 9.77. The molecule has 0 unspecified atom stereocenters. The summed E-state index contributed by atoms with van der Waals surface area (Å²) in [6, 6.07) is 11.4. The Morgan fingerprint density at radius 2 is 2.03 bits per heavy atom. The predicted octanol–water partition coefficient (Wildman–Crippen LogP) is 4.59. The zero-order valence-electron chi connectivity index (χ0n) is 17.0. The average molecular weight is 399 g/mol. The lowest BCUT2D eigenvalue weighted by Gasteiger charge is -2.10. The fraction of sp³-hybridized carbons (Fsp3) is 0.167. The van der Waals surface area contributed by atoms with Crippen molar-refractivity contribution in [2.24, 2.45) is 10.2 Å². The van der Waals surface area contributed by atoms with Crippen LogP contribution in [-0.2, 0) is 0 Å². The molecule has 2 N–H and O–H groups in total. The van der Waals surface area contributed by atoms with Crippen LogP contribution in [0.15, 0.2) is 83.7 Å². The van der Waals surface area contributed by atoms with Gasteiger partial charge in [0.15, 0.2) is 5.84 Å². The molecule has 1 aromatic carbocycles. The van der Waals surface area contributed by atoms with E-state index in [4.69, 9.17) is 0 Å². The molecule has 1 aliphatic rings. The van der Waals surface area contributed by atoms with Crippen molar-refractivity contribution in [3.63, 3.8) is 0 Å². The molecule has 0 radical (unpaired) electrons. The molecule has 30 heavy (non-hydrogen) atoms. The van der Waals surface area contributed by atoms with Crippen LogP contribution in [0, 0.1) is 0 Å². The number of nitrogens with one attached hydrogen (secondary N) is 2. The molecule has 1 aliphatic carbocycles. The molecule has 1 fully saturated rings. The molecule has 0 atom stereocenters. The first-order chi connectivity index (χ1) is 14.6. The first kappa shape index (κ1) is 20.9. The molecule has 1 amide bonds. The van der Waals surface area contributed by atoms with Crippen molar-refractivity contribution in [1.82, 2.24) is 10.3 Å². The molecule has 6 heteroatoms. The van der Waals surface area contributed by atoms with Crippen molar-refractivity contribution in [1.29, 1.82) is 0 Å². The molecule has 3 rings (SSSR count). The van der Waals surface area contributed by atoms with Gasteiger partial charge in [-0.25, -0.2) is 0 Å². The van der Waals surface area contributed by atoms with E-state index in [1.807, 2.05) is 61.6 Å². The van der Waals surface area contributed by atoms with E-state index in [9.17, 15) is 4.79 Å². The summed E-state index contributed by atoms with van der Waals surface area (Å²) >= 11 is 0. The van der Waals surface area contributed by atoms with Gasteiger partial charge >= 0.3 is 0 Å². The number of amidine groups is 1. The van der Waals surface area contributed by atoms with Crippen molar-refractivity contribution in [2.75, 3.05) is 5.32 Å². The molecule has 0 aliphatic heterocycles. The second kappa shape index (κ2) is 10.1. The number of hydrogen-bond acceptors (Lipinski definition) is 4. The number of benzene rings is 1. The number of nitrogens with zero attached hydrogens (tertiary/aromatic N) is 3. The van der Waals surface area contributed by atoms with Crippen molar-refractivity contribution in [2.45, 2.75) is 25.8 Å². The third-order valence-corrected chi connectivity index (χ3v) is 4.45. The Morgan fingerprint density at radius 3 is 2.77 bits per heavy atom. The highest BCUT2D eigenvalue weighted by Gasteiger charge is 2.23. The molecular formula is C24H25N5O. The molecule has 2 aromatic rings. The van der Waals surface area contributed by atoms with Gasteiger partial charge in [0.05, 0.1) is 0 Å². The number of hydrogen-bond donors (Lipinski definition) is 2. The smallest absolute Gasteiger partial charge is 0.274 e. The fourth-order valence-corrected chi connectivity index (χ4v) is 2.73. The van der Waals surface area contributed by atoms with Gasteiger partial charge < -0.3 is 10.6 Å². The predicted molar refractivity (Wildman–Crippen MR) is 124 cm³/mol. The van der Waals surface area contributed by atoms with Gasteiger partial charge in [-0.05, 0) is 55.2 Å². The number of carbonyl (C=O) groups excluding carboxylic acids is 1. The standard InChI is InChI=1S/C24H25N5O/c1-4-5-6-8-17(2)18-13-14-26-22(16-18)24(30)28-21-10-7-9-19(15-21)23(29-25-3)27-20-11-12-20/h4-10,13-16,20H,2-3,11-12H2,1H3,(H,27,29)(H,28,30)/b5-4-,8-6-. The Bertz CT molecular complexity index is 1030. The van der Waals surface area contributed by atoms with Crippen LogP contribution in [0.3, 0.4) is 0 Å². The minimum absolute atomic E-state index is 0.297. The minimum atomic E-state index is -0.297. The summed E-state index contributed by atoms with van der Waals surface area (Å²) < 4.78 is 0. The third kappa shape index (κ3) is 5.85. The van der Waals surface area contributed by atoms with Crippen LogP contribution >= 0.6 is 0 Å². The fourth-order valence-electron chi connectivity index (χ4n) is 2.73. The van der Waals surface area contributed by atoms with Crippen LogP contribution in [0.4, 0.5) is 5.69 Å². The SMILES string of the molecule is C=N/N=C(\NC1CC1)c1cccc(NC(=O)c2cc(C(=C)/C=C\C=C/C)ccn2)c1. The highest BCUT2D eigenvalue weighted by molar-refractivity contribution is 6.05. The lowest BCUT2D eigenvalue weighted by molar-refractivity contribution is 0.102. The monoisotopic (exact) mass is 399 g/mol. The summed E-state index contributed by atoms with van der Waals surface area (Å²) in [5.41, 5.74) is 3.43. The van der Waals surface area contributed by atoms with E-state index in [0.717, 1.165) is 29.5 Å². The molecular weight excluding hydrogens is 374 g/mol. The molecule has 0 spiro atoms. The van der Waals surface area contributed by atoms with Crippen LogP contribution in [0.25, 0.3) is 5.57 Å². The largest absolute Gasteiger partial charge is 0.365 e. The molecule has 1 aromatic heterocycles. The van der Waals surface area contributed by atoms with Gasteiger partial charge in [0.25, 0.3) is 5.91 Å². The van der Waals surface area contributed by atoms with Gasteiger partial charge in [-0.3, -0.25) is 9.78 Å². The Labute approximate surface area is 176 Å². The summed E-state index contributed by atoms with van der Waals surface area (Å²) in [6.07, 6.45) is 11.5. The van der Waals surface area contributed by atoms with Gasteiger partial charge in [-0.15, -0.1) is 5.10 Å². The molecule has 152 valence electrons. The van der Waals surface area contributed by atoms with E-state index >= 15 is 0 Å². The number of allylic oxidation sites excluding steroid dienone is 5. The summed E-state index contributed by atoms with van der Waals surface area (Å²) in [4.78, 5) is 16.9. The Hall–Kier alpha value is -3.80. The molecule has 1 heterocycles. The maximum atomic E-state index is 12.7. The van der Waals surface area contributed by atoms with Crippen molar-refractivity contribution in [3.8, 4) is 0 Å². The van der Waals surface area contributed by atoms with E-state index in [0.29, 0.717) is 23.3 Å². The van der Waals surface area contributed by atoms with Crippen LogP contribution in [0.1, 0.15) is 41.4 Å². The maximum absolute atomic E-state index is 12.7. The number of amides is 1. The first-order valence-electron chi connectivity index (χ1n) is 9.77. The number of anilines is 1. The Kier molecular flexibility index (Phi) is 7.05. The van der Waals surface area contributed by atoms with Crippen LogP contribution in [0.5, 0.6) is 0 Å². The van der Waals surface area contributed by atoms with Gasteiger partial charge in [-0.1, -0.05) is 43.0 Å². The van der Waals surface area contributed by atoms with Crippen molar-refractivity contribution < 1.29 is 4.79 Å². The lowest BCUT2D eigenvalue weighted by Crippen LogP contribution is -2.26. The average Bonchev–Trinajstić information content (AvgIpc) is 3.58. The summed E-state index contributed by atoms with van der Waals surface area (Å²) in [7, 11) is 0.